The summed E-state index contributed by atoms with van der Waals surface area (Å²) in [7, 11) is 0. The van der Waals surface area contributed by atoms with Crippen molar-refractivity contribution in [2.24, 2.45) is 0 Å². The van der Waals surface area contributed by atoms with E-state index in [1.54, 1.807) is 0 Å². The van der Waals surface area contributed by atoms with Crippen LogP contribution >= 0.6 is 87.8 Å². The summed E-state index contributed by atoms with van der Waals surface area (Å²) in [5, 5.41) is 24.0. The van der Waals surface area contributed by atoms with E-state index in [1.807, 2.05) is 0 Å². The molecule has 3 aromatic carbocycles. The molecule has 0 N–H and O–H groups in total. The second-order valence-electron chi connectivity index (χ2n) is 7.35. The van der Waals surface area contributed by atoms with Crippen molar-refractivity contribution in [2.75, 3.05) is 0 Å². The quantitative estimate of drug-likeness (QED) is 0.117. The second-order valence-corrected chi connectivity index (χ2v) is 14.8. The number of nitro groups is 2. The molecule has 0 aromatic heterocycles. The highest BCUT2D eigenvalue weighted by Crippen LogP contribution is 2.68. The van der Waals surface area contributed by atoms with Gasteiger partial charge in [-0.15, -0.1) is 0 Å². The van der Waals surface area contributed by atoms with Crippen LogP contribution in [0.15, 0.2) is 53.4 Å². The summed E-state index contributed by atoms with van der Waals surface area (Å²) in [4.78, 5) is 22.5. The number of alkyl halides is 3. The minimum Gasteiger partial charge on any atom is -0.401 e. The van der Waals surface area contributed by atoms with E-state index in [9.17, 15) is 24.8 Å². The zero-order valence-electron chi connectivity index (χ0n) is 17.6. The maximum atomic E-state index is 14.1. The van der Waals surface area contributed by atoms with Gasteiger partial charge in [0.25, 0.3) is 0 Å². The predicted octanol–water partition coefficient (Wildman–Crippen LogP) is 9.64. The maximum Gasteiger partial charge on any atom is 0.498 e. The van der Waals surface area contributed by atoms with Crippen LogP contribution in [0.1, 0.15) is 17.0 Å². The first-order valence-electron chi connectivity index (χ1n) is 9.65. The van der Waals surface area contributed by atoms with Gasteiger partial charge in [-0.2, -0.15) is 0 Å². The Hall–Kier alpha value is -1.62. The van der Waals surface area contributed by atoms with Gasteiger partial charge >= 0.3 is 18.2 Å². The molecule has 3 aromatic rings. The van der Waals surface area contributed by atoms with E-state index in [1.165, 1.54) is 36.4 Å². The molecule has 1 aliphatic heterocycles. The van der Waals surface area contributed by atoms with E-state index >= 15 is 0 Å². The molecule has 0 atom stereocenters. The highest BCUT2D eigenvalue weighted by Gasteiger charge is 2.48. The summed E-state index contributed by atoms with van der Waals surface area (Å²) in [5.74, 6) is -2.63. The number of hydrogen-bond acceptors (Lipinski definition) is 8. The molecule has 0 unspecified atom stereocenters. The Bertz CT molecular complexity index is 1410. The molecular weight excluding hydrogens is 656 g/mol. The lowest BCUT2D eigenvalue weighted by atomic mass is 9.90. The van der Waals surface area contributed by atoms with Crippen LogP contribution in [0, 0.1) is 20.2 Å². The van der Waals surface area contributed by atoms with E-state index in [4.69, 9.17) is 78.7 Å². The van der Waals surface area contributed by atoms with Crippen LogP contribution in [-0.2, 0) is 4.57 Å². The average molecular weight is 665 g/mol. The van der Waals surface area contributed by atoms with Crippen molar-refractivity contribution >= 4 is 99.2 Å². The number of nitrogens with zero attached hydrogens (tertiary/aromatic N) is 2. The molecule has 0 fully saturated rings. The highest BCUT2D eigenvalue weighted by atomic mass is 35.6. The molecule has 0 aliphatic carbocycles. The zero-order chi connectivity index (χ0) is 27.3. The lowest BCUT2D eigenvalue weighted by Crippen LogP contribution is -2.23. The van der Waals surface area contributed by atoms with Crippen molar-refractivity contribution in [2.45, 2.75) is 14.6 Å². The summed E-state index contributed by atoms with van der Waals surface area (Å²) in [5.41, 5.74) is -1.78. The summed E-state index contributed by atoms with van der Waals surface area (Å²) in [6, 6.07) is 10.3. The molecule has 0 bridgehead atoms. The number of nitro benzene ring substituents is 2. The third-order valence-corrected chi connectivity index (χ3v) is 9.52. The fourth-order valence-electron chi connectivity index (χ4n) is 3.52. The topological polar surface area (TPSA) is 122 Å². The molecule has 0 radical (unpaired) electrons. The number of fused-ring (bicyclic) bond motifs is 2. The molecule has 194 valence electrons. The highest BCUT2D eigenvalue weighted by molar-refractivity contribution is 8.55. The van der Waals surface area contributed by atoms with Crippen molar-refractivity contribution in [3.8, 4) is 11.5 Å². The van der Waals surface area contributed by atoms with Gasteiger partial charge in [0.2, 0.25) is 15.3 Å². The van der Waals surface area contributed by atoms with Crippen molar-refractivity contribution in [1.29, 1.82) is 0 Å². The monoisotopic (exact) mass is 662 g/mol. The van der Waals surface area contributed by atoms with Gasteiger partial charge in [0.05, 0.1) is 15.8 Å². The molecule has 9 nitrogen and oxygen atoms in total. The number of hydrogen-bond donors (Lipinski definition) is 0. The molecule has 0 amide bonds. The minimum atomic E-state index is -4.58. The number of halogens is 6. The number of rotatable bonds is 4. The first-order valence-corrected chi connectivity index (χ1v) is 14.9. The molecule has 4 rings (SSSR count). The maximum absolute atomic E-state index is 14.1. The summed E-state index contributed by atoms with van der Waals surface area (Å²) in [6.45, 7) is -4.58. The lowest BCUT2D eigenvalue weighted by Gasteiger charge is -2.32. The Labute approximate surface area is 242 Å². The van der Waals surface area contributed by atoms with Crippen LogP contribution in [0.25, 0.3) is 0 Å². The molecule has 0 spiro atoms. The smallest absolute Gasteiger partial charge is 0.401 e. The lowest BCUT2D eigenvalue weighted by molar-refractivity contribution is -0.385. The fraction of sp³-hybridized carbons (Fsp3) is 0.100. The first-order chi connectivity index (χ1) is 17.2. The Kier molecular flexibility index (Phi) is 8.06. The molecular formula is C20H9Cl6N2O7PS. The van der Waals surface area contributed by atoms with Crippen molar-refractivity contribution in [1.82, 2.24) is 0 Å². The normalized spacial score (nSPS) is 18.9. The molecule has 37 heavy (non-hydrogen) atoms. The van der Waals surface area contributed by atoms with Gasteiger partial charge in [-0.3, -0.25) is 20.2 Å². The third kappa shape index (κ3) is 6.02. The Balaban J connectivity index is 2.10. The van der Waals surface area contributed by atoms with Crippen LogP contribution < -0.4 is 9.05 Å². The summed E-state index contributed by atoms with van der Waals surface area (Å²) in [6.07, 6.45) is 0. The van der Waals surface area contributed by atoms with E-state index in [-0.39, 0.29) is 21.2 Å². The van der Waals surface area contributed by atoms with Crippen molar-refractivity contribution in [3.05, 3.63) is 95.0 Å². The van der Waals surface area contributed by atoms with Gasteiger partial charge in [0, 0.05) is 54.6 Å². The summed E-state index contributed by atoms with van der Waals surface area (Å²) < 4.78 is 23.2. The van der Waals surface area contributed by atoms with Gasteiger partial charge in [0.15, 0.2) is 0 Å². The van der Waals surface area contributed by atoms with Gasteiger partial charge in [-0.25, -0.2) is 4.57 Å². The SMILES string of the molecule is O=[N+]([O-])c1cc(Cl)cc2c1OP(=O)(Sc1ccc(Cl)cc1)Oc1c(cc(Cl)cc1[N+](=O)[O-])C2C(Cl)(Cl)Cl. The minimum absolute atomic E-state index is 0.145. The van der Waals surface area contributed by atoms with Gasteiger partial charge in [0.1, 0.15) is 0 Å². The van der Waals surface area contributed by atoms with E-state index in [0.717, 1.165) is 12.1 Å². The molecule has 17 heteroatoms. The standard InChI is InChI=1S/C20H9Cl6N2O7PS/c21-9-1-3-12(4-2-9)37-36(33)34-18-13(5-10(22)7-15(18)27(29)30)17(20(24,25)26)14-6-11(23)8-16(28(31)32)19(14)35-36/h1-8,17H. The Morgan fingerprint density at radius 3 is 1.59 bits per heavy atom. The fourth-order valence-corrected chi connectivity index (χ4v) is 8.08. The first kappa shape index (κ1) is 28.4. The van der Waals surface area contributed by atoms with E-state index in [2.05, 4.69) is 0 Å². The van der Waals surface area contributed by atoms with Crippen LogP contribution in [0.3, 0.4) is 0 Å². The molecule has 1 aliphatic rings. The van der Waals surface area contributed by atoms with Crippen molar-refractivity contribution < 1.29 is 23.5 Å². The van der Waals surface area contributed by atoms with Crippen LogP contribution in [0.2, 0.25) is 15.1 Å². The molecule has 0 saturated carbocycles. The largest absolute Gasteiger partial charge is 0.498 e. The van der Waals surface area contributed by atoms with E-state index < -0.39 is 49.2 Å². The van der Waals surface area contributed by atoms with Crippen LogP contribution in [-0.4, -0.2) is 13.6 Å². The van der Waals surface area contributed by atoms with Gasteiger partial charge < -0.3 is 9.05 Å². The second kappa shape index (κ2) is 10.5. The number of benzene rings is 3. The average Bonchev–Trinajstić information content (AvgIpc) is 2.76. The van der Waals surface area contributed by atoms with E-state index in [0.29, 0.717) is 21.3 Å². The zero-order valence-corrected chi connectivity index (χ0v) is 23.8. The predicted molar refractivity (Wildman–Crippen MR) is 145 cm³/mol. The van der Waals surface area contributed by atoms with Gasteiger partial charge in [-0.05, 0) is 36.4 Å². The van der Waals surface area contributed by atoms with Crippen molar-refractivity contribution in [3.63, 3.8) is 0 Å². The third-order valence-electron chi connectivity index (χ3n) is 4.91. The van der Waals surface area contributed by atoms with Crippen LogP contribution in [0.5, 0.6) is 11.5 Å². The Morgan fingerprint density at radius 1 is 0.784 bits per heavy atom. The van der Waals surface area contributed by atoms with Gasteiger partial charge in [-0.1, -0.05) is 69.6 Å². The van der Waals surface area contributed by atoms with Crippen LogP contribution in [0.4, 0.5) is 11.4 Å². The molecule has 1 heterocycles. The molecule has 0 saturated heterocycles. The Morgan fingerprint density at radius 2 is 1.22 bits per heavy atom. The summed E-state index contributed by atoms with van der Waals surface area (Å²) >= 11 is 37.6.